The van der Waals surface area contributed by atoms with Crippen LogP contribution in [0.2, 0.25) is 0 Å². The quantitative estimate of drug-likeness (QED) is 0.535. The van der Waals surface area contributed by atoms with Crippen LogP contribution in [0.5, 0.6) is 0 Å². The number of benzene rings is 1. The Morgan fingerprint density at radius 2 is 2.40 bits per heavy atom. The molecule has 0 amide bonds. The molecular weight excluding hydrogens is 208 g/mol. The second-order valence-corrected chi connectivity index (χ2v) is 4.37. The van der Waals surface area contributed by atoms with Gasteiger partial charge >= 0.3 is 0 Å². The number of fused-ring (bicyclic) bond motifs is 1. The molecule has 0 radical (unpaired) electrons. The zero-order valence-corrected chi connectivity index (χ0v) is 9.19. The number of nitrogens with one attached hydrogen (secondary N) is 2. The van der Waals surface area contributed by atoms with Gasteiger partial charge in [-0.05, 0) is 24.6 Å². The fourth-order valence-corrected chi connectivity index (χ4v) is 1.82. The largest absolute Gasteiger partial charge is 0.379 e. The van der Waals surface area contributed by atoms with Crippen molar-refractivity contribution >= 4 is 28.0 Å². The molecule has 0 fully saturated rings. The summed E-state index contributed by atoms with van der Waals surface area (Å²) in [6, 6.07) is 6.08. The van der Waals surface area contributed by atoms with Gasteiger partial charge in [0.1, 0.15) is 5.82 Å². The Bertz CT molecular complexity index is 503. The molecular formula is C10H12N4S. The van der Waals surface area contributed by atoms with Gasteiger partial charge in [0.05, 0.1) is 16.8 Å². The zero-order chi connectivity index (χ0) is 10.8. The highest BCUT2D eigenvalue weighted by Gasteiger charge is 2.03. The van der Waals surface area contributed by atoms with E-state index in [0.29, 0.717) is 5.75 Å². The van der Waals surface area contributed by atoms with Crippen molar-refractivity contribution in [3.8, 4) is 0 Å². The van der Waals surface area contributed by atoms with E-state index in [0.717, 1.165) is 16.9 Å². The summed E-state index contributed by atoms with van der Waals surface area (Å²) >= 11 is 1.27. The maximum Gasteiger partial charge on any atom is 0.151 e. The number of nitrogens with zero attached hydrogens (tertiary/aromatic N) is 1. The van der Waals surface area contributed by atoms with Gasteiger partial charge in [0.15, 0.2) is 5.17 Å². The van der Waals surface area contributed by atoms with Crippen LogP contribution in [0.1, 0.15) is 11.4 Å². The highest BCUT2D eigenvalue weighted by Crippen LogP contribution is 2.16. The summed E-state index contributed by atoms with van der Waals surface area (Å²) in [4.78, 5) is 7.60. The number of H-pyrrole nitrogens is 1. The van der Waals surface area contributed by atoms with E-state index in [1.807, 2.05) is 19.1 Å². The maximum atomic E-state index is 7.11. The predicted molar refractivity (Wildman–Crippen MR) is 64.0 cm³/mol. The molecule has 15 heavy (non-hydrogen) atoms. The van der Waals surface area contributed by atoms with Crippen molar-refractivity contribution in [2.24, 2.45) is 5.73 Å². The summed E-state index contributed by atoms with van der Waals surface area (Å²) in [7, 11) is 0. The summed E-state index contributed by atoms with van der Waals surface area (Å²) in [6.07, 6.45) is 0. The maximum absolute atomic E-state index is 7.11. The molecule has 0 bridgehead atoms. The lowest BCUT2D eigenvalue weighted by atomic mass is 10.2. The second kappa shape index (κ2) is 3.94. The number of hydrogen-bond donors (Lipinski definition) is 3. The van der Waals surface area contributed by atoms with Crippen LogP contribution < -0.4 is 5.73 Å². The Hall–Kier alpha value is -1.49. The number of hydrogen-bond acceptors (Lipinski definition) is 3. The van der Waals surface area contributed by atoms with Crippen LogP contribution in [0.3, 0.4) is 0 Å². The lowest BCUT2D eigenvalue weighted by molar-refractivity contribution is 1.14. The summed E-state index contributed by atoms with van der Waals surface area (Å²) in [5, 5.41) is 7.23. The monoisotopic (exact) mass is 220 g/mol. The van der Waals surface area contributed by atoms with Gasteiger partial charge in [0, 0.05) is 0 Å². The van der Waals surface area contributed by atoms with Crippen molar-refractivity contribution < 1.29 is 0 Å². The van der Waals surface area contributed by atoms with E-state index in [1.54, 1.807) is 0 Å². The first-order valence-corrected chi connectivity index (χ1v) is 5.56. The van der Waals surface area contributed by atoms with Crippen molar-refractivity contribution in [3.63, 3.8) is 0 Å². The molecule has 0 saturated heterocycles. The van der Waals surface area contributed by atoms with Crippen molar-refractivity contribution in [1.82, 2.24) is 9.97 Å². The highest BCUT2D eigenvalue weighted by atomic mass is 32.2. The molecule has 2 aromatic rings. The summed E-state index contributed by atoms with van der Waals surface area (Å²) in [5.41, 5.74) is 8.46. The first kappa shape index (κ1) is 10.0. The number of amidine groups is 1. The van der Waals surface area contributed by atoms with Crippen molar-refractivity contribution in [3.05, 3.63) is 29.6 Å². The van der Waals surface area contributed by atoms with Crippen molar-refractivity contribution in [2.45, 2.75) is 12.7 Å². The number of rotatable bonds is 2. The first-order valence-electron chi connectivity index (χ1n) is 4.57. The van der Waals surface area contributed by atoms with Gasteiger partial charge in [-0.15, -0.1) is 0 Å². The third kappa shape index (κ3) is 2.30. The number of aromatic amines is 1. The van der Waals surface area contributed by atoms with E-state index in [2.05, 4.69) is 16.0 Å². The minimum absolute atomic E-state index is 0.117. The fraction of sp³-hybridized carbons (Fsp3) is 0.200. The van der Waals surface area contributed by atoms with Gasteiger partial charge in [-0.3, -0.25) is 5.41 Å². The summed E-state index contributed by atoms with van der Waals surface area (Å²) < 4.78 is 0. The lowest BCUT2D eigenvalue weighted by Gasteiger charge is -1.93. The van der Waals surface area contributed by atoms with E-state index >= 15 is 0 Å². The predicted octanol–water partition coefficient (Wildman–Crippen LogP) is 2.00. The molecule has 1 aromatic carbocycles. The molecule has 78 valence electrons. The van der Waals surface area contributed by atoms with Crippen LogP contribution in [0, 0.1) is 12.3 Å². The Kier molecular flexibility index (Phi) is 2.64. The molecule has 1 heterocycles. The Morgan fingerprint density at radius 3 is 3.13 bits per heavy atom. The molecule has 0 aliphatic carbocycles. The van der Waals surface area contributed by atoms with Crippen LogP contribution >= 0.6 is 11.8 Å². The summed E-state index contributed by atoms with van der Waals surface area (Å²) in [5.74, 6) is 1.47. The second-order valence-electron chi connectivity index (χ2n) is 3.36. The molecule has 0 aliphatic rings. The van der Waals surface area contributed by atoms with Gasteiger partial charge < -0.3 is 10.7 Å². The molecule has 0 unspecified atom stereocenters. The van der Waals surface area contributed by atoms with Crippen molar-refractivity contribution in [1.29, 1.82) is 5.41 Å². The number of aryl methyl sites for hydroxylation is 1. The molecule has 0 aliphatic heterocycles. The summed E-state index contributed by atoms with van der Waals surface area (Å²) in [6.45, 7) is 2.05. The standard InChI is InChI=1S/C10H12N4S/c1-6-2-3-7-8(4-6)14-9(13-7)5-15-10(11)12/h2-4H,5H2,1H3,(H3,11,12)(H,13,14). The molecule has 0 atom stereocenters. The highest BCUT2D eigenvalue weighted by molar-refractivity contribution is 8.13. The van der Waals surface area contributed by atoms with Gasteiger partial charge in [-0.1, -0.05) is 17.8 Å². The molecule has 5 heteroatoms. The Morgan fingerprint density at radius 1 is 1.60 bits per heavy atom. The fourth-order valence-electron chi connectivity index (χ4n) is 1.39. The SMILES string of the molecule is Cc1ccc2nc(CSC(=N)N)[nH]c2c1. The third-order valence-corrected chi connectivity index (χ3v) is 2.78. The average molecular weight is 220 g/mol. The van der Waals surface area contributed by atoms with Crippen molar-refractivity contribution in [2.75, 3.05) is 0 Å². The van der Waals surface area contributed by atoms with E-state index in [4.69, 9.17) is 11.1 Å². The Labute approximate surface area is 91.8 Å². The molecule has 4 nitrogen and oxygen atoms in total. The van der Waals surface area contributed by atoms with Crippen LogP contribution in [-0.4, -0.2) is 15.1 Å². The van der Waals surface area contributed by atoms with E-state index in [-0.39, 0.29) is 5.17 Å². The number of nitrogens with two attached hydrogens (primary N) is 1. The van der Waals surface area contributed by atoms with Crippen LogP contribution in [0.15, 0.2) is 18.2 Å². The average Bonchev–Trinajstić information content (AvgIpc) is 2.56. The van der Waals surface area contributed by atoms with Gasteiger partial charge in [0.2, 0.25) is 0 Å². The van der Waals surface area contributed by atoms with Gasteiger partial charge in [-0.2, -0.15) is 0 Å². The topological polar surface area (TPSA) is 78.6 Å². The minimum Gasteiger partial charge on any atom is -0.379 e. The smallest absolute Gasteiger partial charge is 0.151 e. The van der Waals surface area contributed by atoms with E-state index in [1.165, 1.54) is 17.3 Å². The Balaban J connectivity index is 2.27. The van der Waals surface area contributed by atoms with Crippen LogP contribution in [-0.2, 0) is 5.75 Å². The molecule has 2 rings (SSSR count). The molecule has 4 N–H and O–H groups in total. The number of imidazole rings is 1. The number of aromatic nitrogens is 2. The normalized spacial score (nSPS) is 10.7. The first-order chi connectivity index (χ1) is 7.15. The van der Waals surface area contributed by atoms with Gasteiger partial charge in [0.25, 0.3) is 0 Å². The third-order valence-electron chi connectivity index (χ3n) is 2.05. The van der Waals surface area contributed by atoms with E-state index in [9.17, 15) is 0 Å². The number of thioether (sulfide) groups is 1. The molecule has 0 spiro atoms. The van der Waals surface area contributed by atoms with E-state index < -0.39 is 0 Å². The zero-order valence-electron chi connectivity index (χ0n) is 8.37. The van der Waals surface area contributed by atoms with Crippen LogP contribution in [0.4, 0.5) is 0 Å². The van der Waals surface area contributed by atoms with Crippen LogP contribution in [0.25, 0.3) is 11.0 Å². The minimum atomic E-state index is 0.117. The van der Waals surface area contributed by atoms with Gasteiger partial charge in [-0.25, -0.2) is 4.98 Å². The molecule has 1 aromatic heterocycles. The molecule has 0 saturated carbocycles. The lowest BCUT2D eigenvalue weighted by Crippen LogP contribution is -2.04.